The molecule has 0 saturated heterocycles. The minimum Gasteiger partial charge on any atom is -0.465 e. The van der Waals surface area contributed by atoms with Gasteiger partial charge in [-0.25, -0.2) is 0 Å². The Bertz CT molecular complexity index is 835. The van der Waals surface area contributed by atoms with Crippen molar-refractivity contribution in [1.29, 1.82) is 0 Å². The highest BCUT2D eigenvalue weighted by Crippen LogP contribution is 2.66. The van der Waals surface area contributed by atoms with Gasteiger partial charge in [0.15, 0.2) is 0 Å². The molecule has 1 heterocycles. The maximum absolute atomic E-state index is 5.89. The molecule has 0 spiro atoms. The van der Waals surface area contributed by atoms with E-state index < -0.39 is 7.26 Å². The van der Waals surface area contributed by atoms with Gasteiger partial charge in [0, 0.05) is 0 Å². The van der Waals surface area contributed by atoms with E-state index in [-0.39, 0.29) is 5.66 Å². The van der Waals surface area contributed by atoms with Gasteiger partial charge in [-0.1, -0.05) is 54.6 Å². The Morgan fingerprint density at radius 3 is 1.35 bits per heavy atom. The molecule has 3 aromatic carbocycles. The zero-order chi connectivity index (χ0) is 17.8. The zero-order valence-corrected chi connectivity index (χ0v) is 15.7. The maximum atomic E-state index is 5.89. The van der Waals surface area contributed by atoms with Gasteiger partial charge in [0.1, 0.15) is 34.6 Å². The lowest BCUT2D eigenvalue weighted by Gasteiger charge is -2.31. The first-order chi connectivity index (χ1) is 12.8. The van der Waals surface area contributed by atoms with E-state index in [1.165, 1.54) is 15.9 Å². The summed E-state index contributed by atoms with van der Waals surface area (Å²) in [6, 6.07) is 36.8. The summed E-state index contributed by atoms with van der Waals surface area (Å²) in [6.45, 7) is 2.31. The van der Waals surface area contributed by atoms with Crippen LogP contribution in [0, 0.1) is 0 Å². The lowest BCUT2D eigenvalue weighted by molar-refractivity contribution is 0.511. The lowest BCUT2D eigenvalue weighted by Crippen LogP contribution is -2.34. The molecule has 0 radical (unpaired) electrons. The molecule has 2 heteroatoms. The van der Waals surface area contributed by atoms with Gasteiger partial charge in [0.05, 0.1) is 6.26 Å². The van der Waals surface area contributed by atoms with Crippen molar-refractivity contribution in [1.82, 2.24) is 0 Å². The second-order valence-electron chi connectivity index (χ2n) is 6.42. The monoisotopic (exact) mass is 357 g/mol. The van der Waals surface area contributed by atoms with E-state index in [1.807, 2.05) is 6.07 Å². The van der Waals surface area contributed by atoms with Crippen LogP contribution in [0.3, 0.4) is 0 Å². The number of hydrogen-bond acceptors (Lipinski definition) is 1. The van der Waals surface area contributed by atoms with Crippen LogP contribution in [0.25, 0.3) is 0 Å². The van der Waals surface area contributed by atoms with Crippen LogP contribution < -0.4 is 15.9 Å². The molecule has 4 rings (SSSR count). The van der Waals surface area contributed by atoms with Crippen molar-refractivity contribution in [2.24, 2.45) is 0 Å². The number of hydrogen-bond donors (Lipinski definition) is 0. The van der Waals surface area contributed by atoms with E-state index in [9.17, 15) is 0 Å². The molecule has 1 atom stereocenters. The van der Waals surface area contributed by atoms with Crippen molar-refractivity contribution in [2.75, 3.05) is 0 Å². The van der Waals surface area contributed by atoms with Gasteiger partial charge >= 0.3 is 0 Å². The maximum Gasteiger partial charge on any atom is 0.144 e. The van der Waals surface area contributed by atoms with Crippen LogP contribution in [0.2, 0.25) is 0 Å². The third-order valence-electron chi connectivity index (χ3n) is 5.03. The van der Waals surface area contributed by atoms with Gasteiger partial charge in [0.25, 0.3) is 0 Å². The van der Waals surface area contributed by atoms with E-state index in [1.54, 1.807) is 6.26 Å². The van der Waals surface area contributed by atoms with E-state index in [4.69, 9.17) is 4.42 Å². The van der Waals surface area contributed by atoms with Gasteiger partial charge in [-0.3, -0.25) is 0 Å². The molecule has 128 valence electrons. The van der Waals surface area contributed by atoms with E-state index >= 15 is 0 Å². The summed E-state index contributed by atoms with van der Waals surface area (Å²) in [6.07, 6.45) is 1.78. The molecular weight excluding hydrogens is 335 g/mol. The van der Waals surface area contributed by atoms with Crippen molar-refractivity contribution < 1.29 is 4.42 Å². The van der Waals surface area contributed by atoms with E-state index in [2.05, 4.69) is 104 Å². The first-order valence-electron chi connectivity index (χ1n) is 8.92. The summed E-state index contributed by atoms with van der Waals surface area (Å²) < 4.78 is 5.89. The zero-order valence-electron chi connectivity index (χ0n) is 14.8. The Balaban J connectivity index is 2.07. The summed E-state index contributed by atoms with van der Waals surface area (Å²) in [7, 11) is -1.93. The molecule has 0 aliphatic rings. The molecule has 0 aliphatic heterocycles. The van der Waals surface area contributed by atoms with Crippen LogP contribution in [-0.4, -0.2) is 0 Å². The van der Waals surface area contributed by atoms with Crippen LogP contribution in [0.15, 0.2) is 114 Å². The lowest BCUT2D eigenvalue weighted by atomic mass is 10.3. The van der Waals surface area contributed by atoms with Gasteiger partial charge < -0.3 is 4.42 Å². The molecule has 1 nitrogen and oxygen atoms in total. The number of rotatable bonds is 5. The van der Waals surface area contributed by atoms with Crippen molar-refractivity contribution in [3.63, 3.8) is 0 Å². The first-order valence-corrected chi connectivity index (χ1v) is 10.8. The Morgan fingerprint density at radius 2 is 1.00 bits per heavy atom. The molecule has 1 unspecified atom stereocenters. The highest BCUT2D eigenvalue weighted by atomic mass is 31.2. The topological polar surface area (TPSA) is 13.1 Å². The summed E-state index contributed by atoms with van der Waals surface area (Å²) in [5, 5.41) is 4.13. The molecule has 4 aromatic rings. The Labute approximate surface area is 155 Å². The molecule has 0 fully saturated rings. The van der Waals surface area contributed by atoms with Crippen LogP contribution in [0.1, 0.15) is 18.3 Å². The van der Waals surface area contributed by atoms with Crippen molar-refractivity contribution >= 4 is 23.2 Å². The summed E-state index contributed by atoms with van der Waals surface area (Å²) >= 11 is 0. The molecule has 0 amide bonds. The first kappa shape index (κ1) is 16.8. The predicted octanol–water partition coefficient (Wildman–Crippen LogP) is 5.33. The normalized spacial score (nSPS) is 12.7. The fourth-order valence-electron chi connectivity index (χ4n) is 3.83. The predicted molar refractivity (Wildman–Crippen MR) is 112 cm³/mol. The van der Waals surface area contributed by atoms with Gasteiger partial charge in [-0.2, -0.15) is 0 Å². The van der Waals surface area contributed by atoms with E-state index in [0.717, 1.165) is 5.76 Å². The SMILES string of the molecule is CC(c1ccco1)[P+](c1ccccc1)(c1ccccc1)c1ccccc1. The number of benzene rings is 3. The van der Waals surface area contributed by atoms with Crippen LogP contribution >= 0.6 is 7.26 Å². The minimum absolute atomic E-state index is 0.240. The largest absolute Gasteiger partial charge is 0.465 e. The summed E-state index contributed by atoms with van der Waals surface area (Å²) in [5.74, 6) is 1.04. The van der Waals surface area contributed by atoms with Gasteiger partial charge in [-0.15, -0.1) is 0 Å². The Hall–Kier alpha value is -2.63. The van der Waals surface area contributed by atoms with Crippen LogP contribution in [0.4, 0.5) is 0 Å². The molecule has 26 heavy (non-hydrogen) atoms. The third-order valence-corrected chi connectivity index (χ3v) is 9.78. The third kappa shape index (κ3) is 2.79. The fraction of sp³-hybridized carbons (Fsp3) is 0.0833. The molecule has 1 aromatic heterocycles. The van der Waals surface area contributed by atoms with E-state index in [0.29, 0.717) is 0 Å². The molecule has 0 bridgehead atoms. The molecular formula is C24H22OP+. The Morgan fingerprint density at radius 1 is 0.577 bits per heavy atom. The average molecular weight is 357 g/mol. The second kappa shape index (κ2) is 7.32. The number of furan rings is 1. The standard InChI is InChI=1S/C24H22OP/c1-20(24-18-11-19-25-24)26(21-12-5-2-6-13-21,22-14-7-3-8-15-22)23-16-9-4-10-17-23/h2-20H,1H3/q+1. The second-order valence-corrected chi connectivity index (χ2v) is 10.2. The highest BCUT2D eigenvalue weighted by Gasteiger charge is 2.51. The highest BCUT2D eigenvalue weighted by molar-refractivity contribution is 7.95. The van der Waals surface area contributed by atoms with Gasteiger partial charge in [0.2, 0.25) is 0 Å². The van der Waals surface area contributed by atoms with Crippen LogP contribution in [-0.2, 0) is 0 Å². The smallest absolute Gasteiger partial charge is 0.144 e. The molecule has 0 N–H and O–H groups in total. The average Bonchev–Trinajstić information content (AvgIpc) is 3.26. The van der Waals surface area contributed by atoms with Crippen LogP contribution in [0.5, 0.6) is 0 Å². The molecule has 0 aliphatic carbocycles. The fourth-order valence-corrected chi connectivity index (χ4v) is 8.52. The Kier molecular flexibility index (Phi) is 4.73. The summed E-state index contributed by atoms with van der Waals surface area (Å²) in [5.41, 5.74) is 0.240. The van der Waals surface area contributed by atoms with Gasteiger partial charge in [-0.05, 0) is 55.5 Å². The van der Waals surface area contributed by atoms with Crippen molar-refractivity contribution in [3.8, 4) is 0 Å². The quantitative estimate of drug-likeness (QED) is 0.440. The minimum atomic E-state index is -1.93. The van der Waals surface area contributed by atoms with Crippen molar-refractivity contribution in [3.05, 3.63) is 115 Å². The summed E-state index contributed by atoms with van der Waals surface area (Å²) in [4.78, 5) is 0. The van der Waals surface area contributed by atoms with Crippen molar-refractivity contribution in [2.45, 2.75) is 12.6 Å². The molecule has 0 saturated carbocycles.